The van der Waals surface area contributed by atoms with Gasteiger partial charge in [0, 0.05) is 36.1 Å². The molecule has 7 unspecified atom stereocenters. The van der Waals surface area contributed by atoms with Crippen molar-refractivity contribution in [2.24, 2.45) is 81.8 Å². The molecule has 0 saturated heterocycles. The molecule has 0 amide bonds. The predicted molar refractivity (Wildman–Crippen MR) is 135 cm³/mol. The van der Waals surface area contributed by atoms with Gasteiger partial charge in [0.2, 0.25) is 0 Å². The third kappa shape index (κ3) is 1.16. The van der Waals surface area contributed by atoms with Crippen LogP contribution >= 0.6 is 79.6 Å². The molecule has 10 saturated carbocycles. The van der Waals surface area contributed by atoms with Crippen LogP contribution in [0, 0.1) is 81.8 Å². The molecule has 10 rings (SSSR count). The van der Waals surface area contributed by atoms with E-state index in [1.165, 1.54) is 6.42 Å². The van der Waals surface area contributed by atoms with Crippen molar-refractivity contribution in [3.05, 3.63) is 0 Å². The first-order valence-electron chi connectivity index (χ1n) is 12.1. The van der Waals surface area contributed by atoms with Crippen molar-refractivity contribution in [3.63, 3.8) is 0 Å². The first kappa shape index (κ1) is 20.3. The summed E-state index contributed by atoms with van der Waals surface area (Å²) in [6.07, 6.45) is 1.31. The molecule has 0 aliphatic heterocycles. The van der Waals surface area contributed by atoms with Crippen LogP contribution in [-0.2, 0) is 19.1 Å². The van der Waals surface area contributed by atoms with Crippen LogP contribution in [0.1, 0.15) is 6.42 Å². The zero-order valence-corrected chi connectivity index (χ0v) is 25.7. The number of hydrogen-bond donors (Lipinski definition) is 0. The molecule has 4 bridgehead atoms. The van der Waals surface area contributed by atoms with Gasteiger partial charge in [-0.25, -0.2) is 0 Å². The summed E-state index contributed by atoms with van der Waals surface area (Å²) in [7, 11) is 3.10. The van der Waals surface area contributed by atoms with E-state index in [1.807, 2.05) is 0 Å². The second kappa shape index (κ2) is 4.79. The van der Waals surface area contributed by atoms with Crippen LogP contribution in [0.2, 0.25) is 0 Å². The fourth-order valence-corrected chi connectivity index (χ4v) is 25.6. The van der Waals surface area contributed by atoms with E-state index in [2.05, 4.69) is 79.6 Å². The monoisotopic (exact) mass is 768 g/mol. The quantitative estimate of drug-likeness (QED) is 0.306. The van der Waals surface area contributed by atoms with E-state index in [4.69, 9.17) is 9.47 Å². The molecule has 0 N–H and O–H groups in total. The lowest BCUT2D eigenvalue weighted by Crippen LogP contribution is -2.58. The van der Waals surface area contributed by atoms with Crippen LogP contribution < -0.4 is 0 Å². The van der Waals surface area contributed by atoms with Gasteiger partial charge < -0.3 is 9.47 Å². The average Bonchev–Trinajstić information content (AvgIpc) is 3.58. The lowest BCUT2D eigenvalue weighted by molar-refractivity contribution is -0.146. The predicted octanol–water partition coefficient (Wildman–Crippen LogP) is 4.52. The van der Waals surface area contributed by atoms with E-state index in [1.54, 1.807) is 14.2 Å². The fraction of sp³-hybridized carbons (Fsp3) is 0.917. The Morgan fingerprint density at radius 3 is 1.48 bits per heavy atom. The van der Waals surface area contributed by atoms with E-state index in [9.17, 15) is 9.59 Å². The van der Waals surface area contributed by atoms with Crippen LogP contribution in [0.15, 0.2) is 0 Å². The number of carbonyl (C=O) groups excluding carboxylic acids is 2. The van der Waals surface area contributed by atoms with Crippen molar-refractivity contribution in [1.82, 2.24) is 0 Å². The van der Waals surface area contributed by atoms with Crippen LogP contribution in [-0.4, -0.2) is 48.3 Å². The molecule has 0 radical (unpaired) electrons. The third-order valence-corrected chi connectivity index (χ3v) is 21.3. The zero-order chi connectivity index (χ0) is 22.8. The number of halogens is 5. The normalized spacial score (nSPS) is 80.5. The van der Waals surface area contributed by atoms with Gasteiger partial charge in [0.1, 0.15) is 8.65 Å². The number of carbonyl (C=O) groups is 2. The average molecular weight is 773 g/mol. The van der Waals surface area contributed by atoms with Crippen molar-refractivity contribution >= 4 is 91.6 Å². The lowest BCUT2D eigenvalue weighted by atomic mass is 9.51. The van der Waals surface area contributed by atoms with E-state index in [0.717, 1.165) is 0 Å². The minimum Gasteiger partial charge on any atom is -0.468 e. The molecule has 0 aromatic heterocycles. The summed E-state index contributed by atoms with van der Waals surface area (Å²) in [6, 6.07) is 0. The Hall–Kier alpha value is 1.34. The van der Waals surface area contributed by atoms with Gasteiger partial charge in [-0.15, -0.1) is 0 Å². The Morgan fingerprint density at radius 2 is 1.09 bits per heavy atom. The number of ether oxygens (including phenoxy) is 2. The Bertz CT molecular complexity index is 1130. The molecule has 176 valence electrons. The van der Waals surface area contributed by atoms with Gasteiger partial charge in [0.05, 0.1) is 14.2 Å². The minimum atomic E-state index is -0.727. The van der Waals surface area contributed by atoms with Gasteiger partial charge in [-0.2, -0.15) is 0 Å². The first-order valence-corrected chi connectivity index (χ1v) is 16.2. The first-order chi connectivity index (χ1) is 15.6. The standard InChI is InChI=1S/C24H21Br5O4/c1-32-17(30)19(26)13-8-9-14(19)22-5-3-4-6-7(5)11-12(25)10(6)23(28,21(4,13)22)15(8)20(27,18(31)33-2)16(9)24(11,22)29/h4-16H,3H2,1-2H3/t4?,5?,6-,7-,8+,9+,10-,11+,12?,13-,14+,15+,16-,19?,20?,21?,22?,23+,24-/m1/s1. The maximum absolute atomic E-state index is 13.8. The summed E-state index contributed by atoms with van der Waals surface area (Å²) in [5.41, 5.74) is 0.00744. The number of alkyl halides is 5. The second-order valence-corrected chi connectivity index (χ2v) is 19.3. The van der Waals surface area contributed by atoms with Crippen molar-refractivity contribution < 1.29 is 19.1 Å². The molecular formula is C24H21Br5O4. The summed E-state index contributed by atoms with van der Waals surface area (Å²) >= 11 is 21.9. The Balaban J connectivity index is 1.45. The molecule has 0 heterocycles. The summed E-state index contributed by atoms with van der Waals surface area (Å²) < 4.78 is 9.42. The number of rotatable bonds is 2. The molecule has 4 nitrogen and oxygen atoms in total. The van der Waals surface area contributed by atoms with Crippen LogP contribution in [0.5, 0.6) is 0 Å². The molecule has 0 aromatic rings. The summed E-state index contributed by atoms with van der Waals surface area (Å²) in [4.78, 5) is 28.0. The van der Waals surface area contributed by atoms with Crippen molar-refractivity contribution in [2.75, 3.05) is 14.2 Å². The lowest BCUT2D eigenvalue weighted by Gasteiger charge is -2.55. The van der Waals surface area contributed by atoms with Crippen LogP contribution in [0.4, 0.5) is 0 Å². The topological polar surface area (TPSA) is 52.6 Å². The fourth-order valence-electron chi connectivity index (χ4n) is 15.5. The van der Waals surface area contributed by atoms with E-state index >= 15 is 0 Å². The SMILES string of the molecule is COC(=O)C1(Br)[C@H]2[C@@H]3[C@@H]4[C@@H]5C(Br)(C(=O)OC)[C@H]3[C@@]3(Br)[C@H]6C(Br)[C@@H]7[C@@H]8C9CC([C@H]86)C23C9([C@@H]41)[C@@]75Br. The second-order valence-electron chi connectivity index (χ2n) is 13.0. The van der Waals surface area contributed by atoms with E-state index < -0.39 is 8.65 Å². The molecule has 10 aliphatic rings. The molecule has 33 heavy (non-hydrogen) atoms. The van der Waals surface area contributed by atoms with Gasteiger partial charge in [-0.3, -0.25) is 9.59 Å². The number of methoxy groups -OCH3 is 2. The maximum Gasteiger partial charge on any atom is 0.323 e. The summed E-state index contributed by atoms with van der Waals surface area (Å²) in [5, 5.41) is 0. The maximum atomic E-state index is 13.8. The summed E-state index contributed by atoms with van der Waals surface area (Å²) in [5.74, 6) is 4.61. The third-order valence-electron chi connectivity index (χ3n) is 14.2. The number of fused-ring (bicyclic) bond motifs is 4. The smallest absolute Gasteiger partial charge is 0.323 e. The van der Waals surface area contributed by atoms with Gasteiger partial charge in [-0.05, 0) is 65.6 Å². The molecule has 2 spiro atoms. The van der Waals surface area contributed by atoms with Crippen molar-refractivity contribution in [3.8, 4) is 0 Å². The molecule has 9 heteroatoms. The zero-order valence-electron chi connectivity index (χ0n) is 17.7. The van der Waals surface area contributed by atoms with Gasteiger partial charge in [-0.1, -0.05) is 79.6 Å². The summed E-state index contributed by atoms with van der Waals surface area (Å²) in [6.45, 7) is 0. The molecule has 19 atom stereocenters. The van der Waals surface area contributed by atoms with Crippen LogP contribution in [0.3, 0.4) is 0 Å². The molecule has 0 aromatic carbocycles. The highest BCUT2D eigenvalue weighted by Gasteiger charge is 3.15. The minimum absolute atomic E-state index is 0.00372. The van der Waals surface area contributed by atoms with Crippen molar-refractivity contribution in [1.29, 1.82) is 0 Å². The van der Waals surface area contributed by atoms with Crippen LogP contribution in [0.25, 0.3) is 0 Å². The highest BCUT2D eigenvalue weighted by Crippen LogP contribution is 3.12. The van der Waals surface area contributed by atoms with Gasteiger partial charge in [0.25, 0.3) is 0 Å². The molecule has 10 aliphatic carbocycles. The number of esters is 2. The highest BCUT2D eigenvalue weighted by molar-refractivity contribution is 9.11. The van der Waals surface area contributed by atoms with E-state index in [-0.39, 0.29) is 55.1 Å². The largest absolute Gasteiger partial charge is 0.468 e. The van der Waals surface area contributed by atoms with E-state index in [0.29, 0.717) is 52.2 Å². The highest BCUT2D eigenvalue weighted by atomic mass is 79.9. The molecule has 10 fully saturated rings. The number of hydrogen-bond acceptors (Lipinski definition) is 4. The Morgan fingerprint density at radius 1 is 0.697 bits per heavy atom. The van der Waals surface area contributed by atoms with Gasteiger partial charge in [0.15, 0.2) is 0 Å². The van der Waals surface area contributed by atoms with Gasteiger partial charge >= 0.3 is 11.9 Å². The molecular weight excluding hydrogens is 752 g/mol. The Labute approximate surface area is 233 Å². The Kier molecular flexibility index (Phi) is 2.95. The van der Waals surface area contributed by atoms with Crippen molar-refractivity contribution in [2.45, 2.75) is 28.5 Å².